The number of benzene rings is 1. The normalized spacial score (nSPS) is 10.7. The molecule has 0 saturated carbocycles. The summed E-state index contributed by atoms with van der Waals surface area (Å²) in [6.45, 7) is 1.44. The molecule has 2 heterocycles. The third kappa shape index (κ3) is 5.01. The van der Waals surface area contributed by atoms with E-state index in [1.807, 2.05) is 38.4 Å². The van der Waals surface area contributed by atoms with Gasteiger partial charge in [0.1, 0.15) is 12.4 Å². The summed E-state index contributed by atoms with van der Waals surface area (Å²) < 4.78 is 5.69. The van der Waals surface area contributed by atoms with Gasteiger partial charge in [0.15, 0.2) is 11.5 Å². The lowest BCUT2D eigenvalue weighted by atomic mass is 10.1. The maximum atomic E-state index is 12.5. The molecule has 28 heavy (non-hydrogen) atoms. The maximum Gasteiger partial charge on any atom is 0.278 e. The van der Waals surface area contributed by atoms with Gasteiger partial charge in [-0.25, -0.2) is 9.97 Å². The number of pyridine rings is 1. The van der Waals surface area contributed by atoms with Crippen LogP contribution in [0.5, 0.6) is 5.75 Å². The molecule has 0 bridgehead atoms. The molecule has 0 spiro atoms. The number of ether oxygens (including phenoxy) is 1. The zero-order valence-corrected chi connectivity index (χ0v) is 15.8. The lowest BCUT2D eigenvalue weighted by Crippen LogP contribution is -2.19. The highest BCUT2D eigenvalue weighted by atomic mass is 16.5. The van der Waals surface area contributed by atoms with Gasteiger partial charge in [0, 0.05) is 18.3 Å². The molecule has 2 aromatic heterocycles. The Balaban J connectivity index is 1.74. The second-order valence-corrected chi connectivity index (χ2v) is 6.36. The first-order chi connectivity index (χ1) is 13.5. The number of hydrogen-bond acceptors (Lipinski definition) is 7. The number of rotatable bonds is 7. The van der Waals surface area contributed by atoms with E-state index in [1.165, 1.54) is 6.20 Å². The summed E-state index contributed by atoms with van der Waals surface area (Å²) >= 11 is 0. The Morgan fingerprint density at radius 3 is 2.64 bits per heavy atom. The monoisotopic (exact) mass is 378 g/mol. The molecule has 0 aliphatic rings. The molecule has 0 atom stereocenters. The number of nitrogens with one attached hydrogen (secondary N) is 1. The molecule has 0 fully saturated rings. The molecule has 8 heteroatoms. The number of nitrogens with zero attached hydrogens (tertiary/aromatic N) is 4. The number of likely N-dealkylation sites (N-methyl/N-ethyl adjacent to an activating group) is 1. The van der Waals surface area contributed by atoms with E-state index in [0.717, 1.165) is 17.9 Å². The lowest BCUT2D eigenvalue weighted by Gasteiger charge is -2.11. The average molecular weight is 378 g/mol. The second-order valence-electron chi connectivity index (χ2n) is 6.36. The number of carbonyl (C=O) groups is 1. The number of carbonyl (C=O) groups excluding carboxylic acids is 1. The summed E-state index contributed by atoms with van der Waals surface area (Å²) in [5.74, 6) is 0.390. The van der Waals surface area contributed by atoms with E-state index in [0.29, 0.717) is 18.0 Å². The molecule has 0 radical (unpaired) electrons. The van der Waals surface area contributed by atoms with Gasteiger partial charge in [-0.2, -0.15) is 0 Å². The molecule has 8 nitrogen and oxygen atoms in total. The Labute approximate surface area is 163 Å². The molecule has 0 saturated heterocycles. The van der Waals surface area contributed by atoms with Crippen LogP contribution in [0.3, 0.4) is 0 Å². The number of amides is 1. The van der Waals surface area contributed by atoms with E-state index in [1.54, 1.807) is 24.5 Å². The van der Waals surface area contributed by atoms with Crippen LogP contribution in [0.2, 0.25) is 0 Å². The summed E-state index contributed by atoms with van der Waals surface area (Å²) in [7, 11) is 3.99. The second kappa shape index (κ2) is 8.92. The smallest absolute Gasteiger partial charge is 0.278 e. The summed E-state index contributed by atoms with van der Waals surface area (Å²) in [5, 5.41) is 2.71. The van der Waals surface area contributed by atoms with E-state index in [4.69, 9.17) is 10.5 Å². The van der Waals surface area contributed by atoms with Gasteiger partial charge < -0.3 is 20.7 Å². The van der Waals surface area contributed by atoms with Crippen molar-refractivity contribution < 1.29 is 9.53 Å². The fourth-order valence-electron chi connectivity index (χ4n) is 2.40. The molecule has 0 aliphatic carbocycles. The first-order valence-corrected chi connectivity index (χ1v) is 8.75. The summed E-state index contributed by atoms with van der Waals surface area (Å²) in [6, 6.07) is 10.9. The van der Waals surface area contributed by atoms with Crippen molar-refractivity contribution in [1.82, 2.24) is 19.9 Å². The SMILES string of the molecule is CN(C)CCOc1ccc(-c2cnc(N)c(C(=O)Nc3cccnc3)n2)cc1. The minimum absolute atomic E-state index is 0.0627. The lowest BCUT2D eigenvalue weighted by molar-refractivity contribution is 0.102. The fraction of sp³-hybridized carbons (Fsp3) is 0.200. The van der Waals surface area contributed by atoms with Crippen LogP contribution < -0.4 is 15.8 Å². The number of anilines is 2. The van der Waals surface area contributed by atoms with Crippen LogP contribution >= 0.6 is 0 Å². The predicted octanol–water partition coefficient (Wildman–Crippen LogP) is 2.31. The Kier molecular flexibility index (Phi) is 6.13. The quantitative estimate of drug-likeness (QED) is 0.650. The zero-order chi connectivity index (χ0) is 19.9. The highest BCUT2D eigenvalue weighted by molar-refractivity contribution is 6.05. The number of aromatic nitrogens is 3. The van der Waals surface area contributed by atoms with Crippen LogP contribution in [0, 0.1) is 0 Å². The molecule has 3 aromatic rings. The predicted molar refractivity (Wildman–Crippen MR) is 108 cm³/mol. The Hall–Kier alpha value is -3.52. The maximum absolute atomic E-state index is 12.5. The fourth-order valence-corrected chi connectivity index (χ4v) is 2.40. The Bertz CT molecular complexity index is 929. The van der Waals surface area contributed by atoms with Crippen LogP contribution in [0.1, 0.15) is 10.5 Å². The summed E-state index contributed by atoms with van der Waals surface area (Å²) in [6.07, 6.45) is 4.71. The number of hydrogen-bond donors (Lipinski definition) is 2. The topological polar surface area (TPSA) is 106 Å². The van der Waals surface area contributed by atoms with Gasteiger partial charge in [-0.15, -0.1) is 0 Å². The van der Waals surface area contributed by atoms with Crippen molar-refractivity contribution in [3.8, 4) is 17.0 Å². The van der Waals surface area contributed by atoms with Crippen molar-refractivity contribution in [2.24, 2.45) is 0 Å². The van der Waals surface area contributed by atoms with Gasteiger partial charge in [0.05, 0.1) is 23.8 Å². The average Bonchev–Trinajstić information content (AvgIpc) is 2.69. The van der Waals surface area contributed by atoms with Crippen molar-refractivity contribution in [2.45, 2.75) is 0 Å². The van der Waals surface area contributed by atoms with Crippen molar-refractivity contribution >= 4 is 17.4 Å². The van der Waals surface area contributed by atoms with E-state index in [2.05, 4.69) is 25.2 Å². The van der Waals surface area contributed by atoms with Crippen LogP contribution in [0.25, 0.3) is 11.3 Å². The number of nitrogens with two attached hydrogens (primary N) is 1. The molecule has 1 aromatic carbocycles. The minimum Gasteiger partial charge on any atom is -0.492 e. The van der Waals surface area contributed by atoms with Crippen molar-refractivity contribution in [3.05, 3.63) is 60.7 Å². The summed E-state index contributed by atoms with van der Waals surface area (Å²) in [4.78, 5) is 27.0. The first-order valence-electron chi connectivity index (χ1n) is 8.75. The molecule has 0 aliphatic heterocycles. The molecule has 0 unspecified atom stereocenters. The van der Waals surface area contributed by atoms with Gasteiger partial charge in [0.2, 0.25) is 0 Å². The highest BCUT2D eigenvalue weighted by Crippen LogP contribution is 2.22. The summed E-state index contributed by atoms with van der Waals surface area (Å²) in [5.41, 5.74) is 7.82. The van der Waals surface area contributed by atoms with Gasteiger partial charge in [-0.05, 0) is 50.5 Å². The van der Waals surface area contributed by atoms with E-state index in [-0.39, 0.29) is 11.5 Å². The Morgan fingerprint density at radius 1 is 1.18 bits per heavy atom. The van der Waals surface area contributed by atoms with Crippen molar-refractivity contribution in [1.29, 1.82) is 0 Å². The minimum atomic E-state index is -0.441. The molecular formula is C20H22N6O2. The van der Waals surface area contributed by atoms with E-state index in [9.17, 15) is 4.79 Å². The largest absolute Gasteiger partial charge is 0.492 e. The third-order valence-electron chi connectivity index (χ3n) is 3.89. The van der Waals surface area contributed by atoms with Gasteiger partial charge in [-0.3, -0.25) is 9.78 Å². The van der Waals surface area contributed by atoms with E-state index < -0.39 is 5.91 Å². The van der Waals surface area contributed by atoms with Crippen LogP contribution in [0.4, 0.5) is 11.5 Å². The first kappa shape index (κ1) is 19.2. The molecule has 144 valence electrons. The Morgan fingerprint density at radius 2 is 1.96 bits per heavy atom. The van der Waals surface area contributed by atoms with Gasteiger partial charge in [0.25, 0.3) is 5.91 Å². The van der Waals surface area contributed by atoms with E-state index >= 15 is 0 Å². The van der Waals surface area contributed by atoms with Crippen LogP contribution in [-0.2, 0) is 0 Å². The van der Waals surface area contributed by atoms with Crippen molar-refractivity contribution in [2.75, 3.05) is 38.3 Å². The third-order valence-corrected chi connectivity index (χ3v) is 3.89. The highest BCUT2D eigenvalue weighted by Gasteiger charge is 2.15. The molecule has 3 rings (SSSR count). The standard InChI is InChI=1S/C20H22N6O2/c1-26(2)10-11-28-16-7-5-14(6-8-16)17-13-23-19(21)18(25-17)20(27)24-15-4-3-9-22-12-15/h3-9,12-13H,10-11H2,1-2H3,(H2,21,23)(H,24,27). The van der Waals surface area contributed by atoms with Gasteiger partial charge >= 0.3 is 0 Å². The van der Waals surface area contributed by atoms with Crippen LogP contribution in [0.15, 0.2) is 55.0 Å². The molecular weight excluding hydrogens is 356 g/mol. The molecule has 3 N–H and O–H groups in total. The number of nitrogen functional groups attached to an aromatic ring is 1. The zero-order valence-electron chi connectivity index (χ0n) is 15.8. The molecule has 1 amide bonds. The van der Waals surface area contributed by atoms with Crippen molar-refractivity contribution in [3.63, 3.8) is 0 Å². The van der Waals surface area contributed by atoms with Crippen LogP contribution in [-0.4, -0.2) is 53.0 Å². The van der Waals surface area contributed by atoms with Gasteiger partial charge in [-0.1, -0.05) is 0 Å².